The number of nitrogens with one attached hydrogen (secondary N) is 2. The molecule has 22 heavy (non-hydrogen) atoms. The van der Waals surface area contributed by atoms with Gasteiger partial charge in [-0.15, -0.1) is 0 Å². The van der Waals surface area contributed by atoms with Crippen LogP contribution in [0.25, 0.3) is 0 Å². The van der Waals surface area contributed by atoms with Gasteiger partial charge in [0.15, 0.2) is 5.11 Å². The molecule has 0 heterocycles. The minimum atomic E-state index is 0.462. The fourth-order valence-electron chi connectivity index (χ4n) is 1.86. The highest BCUT2D eigenvalue weighted by molar-refractivity contribution is 9.10. The molecule has 2 aromatic carbocycles. The SMILES string of the molecule is CC(C)c1ccc(NC(=S)N/N=C\c2cccc(Br)c2)cc1. The number of anilines is 1. The van der Waals surface area contributed by atoms with Gasteiger partial charge in [-0.3, -0.25) is 5.43 Å². The summed E-state index contributed by atoms with van der Waals surface area (Å²) < 4.78 is 1.02. The Balaban J connectivity index is 1.87. The van der Waals surface area contributed by atoms with Gasteiger partial charge >= 0.3 is 0 Å². The van der Waals surface area contributed by atoms with Crippen molar-refractivity contribution < 1.29 is 0 Å². The van der Waals surface area contributed by atoms with Gasteiger partial charge in [0, 0.05) is 10.2 Å². The molecule has 3 nitrogen and oxygen atoms in total. The zero-order valence-electron chi connectivity index (χ0n) is 12.5. The predicted molar refractivity (Wildman–Crippen MR) is 102 cm³/mol. The third kappa shape index (κ3) is 5.24. The Morgan fingerprint density at radius 1 is 1.18 bits per heavy atom. The summed E-state index contributed by atoms with van der Waals surface area (Å²) in [5, 5.41) is 7.69. The first kappa shape index (κ1) is 16.6. The van der Waals surface area contributed by atoms with Gasteiger partial charge in [0.2, 0.25) is 0 Å². The van der Waals surface area contributed by atoms with Crippen LogP contribution >= 0.6 is 28.1 Å². The summed E-state index contributed by atoms with van der Waals surface area (Å²) in [6.07, 6.45) is 1.72. The lowest BCUT2D eigenvalue weighted by Gasteiger charge is -2.09. The maximum absolute atomic E-state index is 5.22. The summed E-state index contributed by atoms with van der Waals surface area (Å²) in [6, 6.07) is 16.1. The van der Waals surface area contributed by atoms with Gasteiger partial charge in [0.05, 0.1) is 6.21 Å². The fourth-order valence-corrected chi connectivity index (χ4v) is 2.45. The van der Waals surface area contributed by atoms with Gasteiger partial charge in [-0.25, -0.2) is 0 Å². The molecule has 2 N–H and O–H groups in total. The molecule has 0 amide bonds. The third-order valence-corrected chi connectivity index (χ3v) is 3.75. The van der Waals surface area contributed by atoms with Gasteiger partial charge in [-0.05, 0) is 53.5 Å². The molecule has 0 bridgehead atoms. The maximum Gasteiger partial charge on any atom is 0.191 e. The number of halogens is 1. The molecule has 0 saturated heterocycles. The van der Waals surface area contributed by atoms with E-state index < -0.39 is 0 Å². The van der Waals surface area contributed by atoms with Gasteiger partial charge in [0.1, 0.15) is 0 Å². The van der Waals surface area contributed by atoms with E-state index >= 15 is 0 Å². The van der Waals surface area contributed by atoms with E-state index in [9.17, 15) is 0 Å². The molecule has 0 unspecified atom stereocenters. The van der Waals surface area contributed by atoms with Crippen molar-refractivity contribution in [2.75, 3.05) is 5.32 Å². The third-order valence-electron chi connectivity index (χ3n) is 3.06. The Kier molecular flexibility index (Phi) is 6.10. The van der Waals surface area contributed by atoms with Gasteiger partial charge in [-0.1, -0.05) is 54.0 Å². The Hall–Kier alpha value is -1.72. The summed E-state index contributed by atoms with van der Waals surface area (Å²) in [5.41, 5.74) is 6.05. The van der Waals surface area contributed by atoms with E-state index in [0.29, 0.717) is 11.0 Å². The zero-order chi connectivity index (χ0) is 15.9. The molecule has 0 aliphatic rings. The Morgan fingerprint density at radius 2 is 1.91 bits per heavy atom. The van der Waals surface area contributed by atoms with Crippen molar-refractivity contribution in [1.82, 2.24) is 5.43 Å². The largest absolute Gasteiger partial charge is 0.331 e. The second-order valence-electron chi connectivity index (χ2n) is 5.16. The Labute approximate surface area is 145 Å². The highest BCUT2D eigenvalue weighted by atomic mass is 79.9. The molecule has 2 rings (SSSR count). The topological polar surface area (TPSA) is 36.4 Å². The van der Waals surface area contributed by atoms with E-state index in [0.717, 1.165) is 15.7 Å². The molecule has 0 fully saturated rings. The number of rotatable bonds is 4. The van der Waals surface area contributed by atoms with Crippen LogP contribution in [0.1, 0.15) is 30.9 Å². The smallest absolute Gasteiger partial charge is 0.191 e. The molecular formula is C17H18BrN3S. The molecule has 2 aromatic rings. The van der Waals surface area contributed by atoms with Crippen molar-refractivity contribution in [3.05, 3.63) is 64.1 Å². The van der Waals surface area contributed by atoms with Crippen LogP contribution in [0.2, 0.25) is 0 Å². The summed E-state index contributed by atoms with van der Waals surface area (Å²) >= 11 is 8.64. The fraction of sp³-hybridized carbons (Fsp3) is 0.176. The number of benzene rings is 2. The first-order chi connectivity index (χ1) is 10.5. The number of hydrazone groups is 1. The molecule has 114 valence electrons. The van der Waals surface area contributed by atoms with Crippen molar-refractivity contribution in [3.8, 4) is 0 Å². The van der Waals surface area contributed by atoms with E-state index in [1.165, 1.54) is 5.56 Å². The summed E-state index contributed by atoms with van der Waals surface area (Å²) in [6.45, 7) is 4.34. The number of thiocarbonyl (C=S) groups is 1. The number of nitrogens with zero attached hydrogens (tertiary/aromatic N) is 1. The van der Waals surface area contributed by atoms with Crippen molar-refractivity contribution in [1.29, 1.82) is 0 Å². The second kappa shape index (κ2) is 8.06. The first-order valence-electron chi connectivity index (χ1n) is 7.00. The minimum Gasteiger partial charge on any atom is -0.331 e. The number of hydrogen-bond acceptors (Lipinski definition) is 2. The molecule has 0 spiro atoms. The number of hydrogen-bond donors (Lipinski definition) is 2. The maximum atomic E-state index is 5.22. The van der Waals surface area contributed by atoms with E-state index in [-0.39, 0.29) is 0 Å². The van der Waals surface area contributed by atoms with Gasteiger partial charge in [-0.2, -0.15) is 5.10 Å². The summed E-state index contributed by atoms with van der Waals surface area (Å²) in [4.78, 5) is 0. The van der Waals surface area contributed by atoms with Crippen LogP contribution in [-0.4, -0.2) is 11.3 Å². The average molecular weight is 376 g/mol. The quantitative estimate of drug-likeness (QED) is 0.453. The van der Waals surface area contributed by atoms with Crippen molar-refractivity contribution in [2.45, 2.75) is 19.8 Å². The molecular weight excluding hydrogens is 358 g/mol. The van der Waals surface area contributed by atoms with E-state index in [4.69, 9.17) is 12.2 Å². The van der Waals surface area contributed by atoms with Gasteiger partial charge < -0.3 is 5.32 Å². The lowest BCUT2D eigenvalue weighted by Crippen LogP contribution is -2.23. The van der Waals surface area contributed by atoms with Crippen LogP contribution in [0.3, 0.4) is 0 Å². The normalized spacial score (nSPS) is 10.9. The van der Waals surface area contributed by atoms with Crippen LogP contribution in [-0.2, 0) is 0 Å². The Bertz CT molecular complexity index is 666. The summed E-state index contributed by atoms with van der Waals surface area (Å²) in [7, 11) is 0. The average Bonchev–Trinajstić information content (AvgIpc) is 2.48. The van der Waals surface area contributed by atoms with E-state index in [1.54, 1.807) is 6.21 Å². The molecule has 0 aromatic heterocycles. The van der Waals surface area contributed by atoms with Crippen molar-refractivity contribution >= 4 is 45.2 Å². The molecule has 0 radical (unpaired) electrons. The summed E-state index contributed by atoms with van der Waals surface area (Å²) in [5.74, 6) is 0.522. The highest BCUT2D eigenvalue weighted by Gasteiger charge is 2.00. The minimum absolute atomic E-state index is 0.462. The molecule has 0 atom stereocenters. The van der Waals surface area contributed by atoms with Crippen LogP contribution in [0.15, 0.2) is 58.1 Å². The van der Waals surface area contributed by atoms with Crippen molar-refractivity contribution in [3.63, 3.8) is 0 Å². The molecule has 0 saturated carbocycles. The molecule has 0 aliphatic heterocycles. The van der Waals surface area contributed by atoms with Crippen LogP contribution < -0.4 is 10.7 Å². The van der Waals surface area contributed by atoms with Crippen molar-refractivity contribution in [2.24, 2.45) is 5.10 Å². The monoisotopic (exact) mass is 375 g/mol. The zero-order valence-corrected chi connectivity index (χ0v) is 14.9. The lowest BCUT2D eigenvalue weighted by molar-refractivity contribution is 0.867. The lowest BCUT2D eigenvalue weighted by atomic mass is 10.0. The van der Waals surface area contributed by atoms with E-state index in [2.05, 4.69) is 57.8 Å². The second-order valence-corrected chi connectivity index (χ2v) is 6.48. The molecule has 5 heteroatoms. The van der Waals surface area contributed by atoms with E-state index in [1.807, 2.05) is 36.4 Å². The van der Waals surface area contributed by atoms with Crippen LogP contribution in [0.5, 0.6) is 0 Å². The van der Waals surface area contributed by atoms with Crippen LogP contribution in [0, 0.1) is 0 Å². The van der Waals surface area contributed by atoms with Gasteiger partial charge in [0.25, 0.3) is 0 Å². The first-order valence-corrected chi connectivity index (χ1v) is 8.20. The molecule has 0 aliphatic carbocycles. The van der Waals surface area contributed by atoms with Crippen LogP contribution in [0.4, 0.5) is 5.69 Å². The standard InChI is InChI=1S/C17H18BrN3S/c1-12(2)14-6-8-16(9-7-14)20-17(22)21-19-11-13-4-3-5-15(18)10-13/h3-12H,1-2H3,(H2,20,21,22)/b19-11-. The predicted octanol–water partition coefficient (Wildman–Crippen LogP) is 4.89. The highest BCUT2D eigenvalue weighted by Crippen LogP contribution is 2.17. The Morgan fingerprint density at radius 3 is 2.55 bits per heavy atom.